The number of esters is 1. The number of carbonyl (C=O) groups excluding carboxylic acids is 1. The van der Waals surface area contributed by atoms with Crippen molar-refractivity contribution in [2.75, 3.05) is 6.61 Å². The minimum Gasteiger partial charge on any atom is -0.460 e. The van der Waals surface area contributed by atoms with E-state index in [9.17, 15) is 4.79 Å². The Morgan fingerprint density at radius 2 is 1.29 bits per heavy atom. The molecule has 0 bridgehead atoms. The van der Waals surface area contributed by atoms with Crippen LogP contribution in [0.15, 0.2) is 60.7 Å². The van der Waals surface area contributed by atoms with E-state index in [2.05, 4.69) is 69.3 Å². The van der Waals surface area contributed by atoms with E-state index in [0.717, 1.165) is 0 Å². The lowest BCUT2D eigenvalue weighted by molar-refractivity contribution is -0.155. The molecule has 0 N–H and O–H groups in total. The summed E-state index contributed by atoms with van der Waals surface area (Å²) in [7, 11) is -2.52. The maximum Gasteiger partial charge on any atom is 0.306 e. The topological polar surface area (TPSA) is 35.5 Å². The summed E-state index contributed by atoms with van der Waals surface area (Å²) in [5, 5.41) is 2.46. The summed E-state index contributed by atoms with van der Waals surface area (Å²) in [5.74, 6) is -0.168. The van der Waals surface area contributed by atoms with E-state index in [1.807, 2.05) is 32.9 Å². The predicted octanol–water partition coefficient (Wildman–Crippen LogP) is 4.68. The lowest BCUT2D eigenvalue weighted by atomic mass is 10.2. The van der Waals surface area contributed by atoms with Gasteiger partial charge in [0.1, 0.15) is 5.60 Å². The monoisotopic (exact) mass is 398 g/mol. The van der Waals surface area contributed by atoms with Gasteiger partial charge in [-0.05, 0) is 42.6 Å². The first-order valence-electron chi connectivity index (χ1n) is 10.0. The van der Waals surface area contributed by atoms with E-state index < -0.39 is 13.9 Å². The highest BCUT2D eigenvalue weighted by Crippen LogP contribution is 2.36. The van der Waals surface area contributed by atoms with Gasteiger partial charge in [0.2, 0.25) is 0 Å². The first-order valence-corrected chi connectivity index (χ1v) is 11.9. The van der Waals surface area contributed by atoms with Crippen LogP contribution >= 0.6 is 0 Å². The minimum atomic E-state index is -2.52. The molecule has 0 spiro atoms. The van der Waals surface area contributed by atoms with Gasteiger partial charge in [-0.3, -0.25) is 4.79 Å². The Balaban J connectivity index is 2.26. The van der Waals surface area contributed by atoms with Gasteiger partial charge in [-0.1, -0.05) is 81.4 Å². The molecule has 0 saturated heterocycles. The molecule has 0 aromatic heterocycles. The van der Waals surface area contributed by atoms with Gasteiger partial charge in [-0.2, -0.15) is 0 Å². The van der Waals surface area contributed by atoms with E-state index in [1.165, 1.54) is 10.4 Å². The molecule has 0 aliphatic heterocycles. The van der Waals surface area contributed by atoms with Crippen LogP contribution in [-0.2, 0) is 14.0 Å². The van der Waals surface area contributed by atoms with Crippen LogP contribution in [0.5, 0.6) is 0 Å². The molecule has 0 unspecified atom stereocenters. The van der Waals surface area contributed by atoms with Gasteiger partial charge in [-0.15, -0.1) is 0 Å². The number of ether oxygens (including phenoxy) is 1. The van der Waals surface area contributed by atoms with Crippen LogP contribution in [0.25, 0.3) is 0 Å². The van der Waals surface area contributed by atoms with E-state index in [0.29, 0.717) is 19.4 Å². The standard InChI is InChI=1S/C24H34O3Si/c1-23(2,3)27-22(25)18-13-19-26-28(24(4,5)6,20-14-9-7-10-15-20)21-16-11-8-12-17-21/h7-12,14-17H,13,18-19H2,1-6H3. The summed E-state index contributed by atoms with van der Waals surface area (Å²) in [5.41, 5.74) is -0.448. The quantitative estimate of drug-likeness (QED) is 0.386. The highest BCUT2D eigenvalue weighted by atomic mass is 28.4. The number of carbonyl (C=O) groups is 1. The molecule has 0 amide bonds. The zero-order valence-electron chi connectivity index (χ0n) is 18.1. The molecule has 0 aliphatic rings. The van der Waals surface area contributed by atoms with Crippen molar-refractivity contribution in [3.05, 3.63) is 60.7 Å². The zero-order chi connectivity index (χ0) is 20.8. The Labute approximate surface area is 171 Å². The number of benzene rings is 2. The van der Waals surface area contributed by atoms with Crippen LogP contribution < -0.4 is 10.4 Å². The van der Waals surface area contributed by atoms with Gasteiger partial charge >= 0.3 is 5.97 Å². The fourth-order valence-corrected chi connectivity index (χ4v) is 8.20. The molecule has 2 rings (SSSR count). The molecule has 0 fully saturated rings. The van der Waals surface area contributed by atoms with Crippen LogP contribution in [0, 0.1) is 0 Å². The lowest BCUT2D eigenvalue weighted by Crippen LogP contribution is -2.66. The van der Waals surface area contributed by atoms with Gasteiger partial charge in [0.25, 0.3) is 8.32 Å². The first kappa shape index (κ1) is 22.4. The average Bonchev–Trinajstić information content (AvgIpc) is 2.61. The van der Waals surface area contributed by atoms with Crippen molar-refractivity contribution in [1.29, 1.82) is 0 Å². The number of rotatable bonds is 7. The normalized spacial score (nSPS) is 12.6. The number of hydrogen-bond donors (Lipinski definition) is 0. The van der Waals surface area contributed by atoms with Crippen molar-refractivity contribution < 1.29 is 14.0 Å². The van der Waals surface area contributed by atoms with E-state index >= 15 is 0 Å². The lowest BCUT2D eigenvalue weighted by Gasteiger charge is -2.43. The Morgan fingerprint density at radius 1 is 0.821 bits per heavy atom. The molecule has 2 aromatic carbocycles. The molecular formula is C24H34O3Si. The third-order valence-electron chi connectivity index (χ3n) is 4.68. The van der Waals surface area contributed by atoms with Crippen LogP contribution in [0.4, 0.5) is 0 Å². The first-order chi connectivity index (χ1) is 13.1. The molecular weight excluding hydrogens is 364 g/mol. The average molecular weight is 399 g/mol. The van der Waals surface area contributed by atoms with Crippen molar-refractivity contribution in [3.63, 3.8) is 0 Å². The van der Waals surface area contributed by atoms with Crippen molar-refractivity contribution in [1.82, 2.24) is 0 Å². The molecule has 28 heavy (non-hydrogen) atoms. The van der Waals surface area contributed by atoms with Crippen molar-refractivity contribution in [2.24, 2.45) is 0 Å². The van der Waals surface area contributed by atoms with Gasteiger partial charge in [0.05, 0.1) is 0 Å². The van der Waals surface area contributed by atoms with Gasteiger partial charge in [-0.25, -0.2) is 0 Å². The predicted molar refractivity (Wildman–Crippen MR) is 119 cm³/mol. The summed E-state index contributed by atoms with van der Waals surface area (Å²) in [4.78, 5) is 12.1. The van der Waals surface area contributed by atoms with Crippen LogP contribution in [0.1, 0.15) is 54.4 Å². The summed E-state index contributed by atoms with van der Waals surface area (Å²) in [6.45, 7) is 13.0. The van der Waals surface area contributed by atoms with E-state index in [1.54, 1.807) is 0 Å². The molecule has 2 aromatic rings. The summed E-state index contributed by atoms with van der Waals surface area (Å²) in [6.07, 6.45) is 1.02. The van der Waals surface area contributed by atoms with E-state index in [4.69, 9.17) is 9.16 Å². The highest BCUT2D eigenvalue weighted by Gasteiger charge is 2.49. The highest BCUT2D eigenvalue weighted by molar-refractivity contribution is 6.99. The number of hydrogen-bond acceptors (Lipinski definition) is 3. The fraction of sp³-hybridized carbons (Fsp3) is 0.458. The van der Waals surface area contributed by atoms with Crippen molar-refractivity contribution in [3.8, 4) is 0 Å². The largest absolute Gasteiger partial charge is 0.460 e. The summed E-state index contributed by atoms with van der Waals surface area (Å²) in [6, 6.07) is 21.1. The second kappa shape index (κ2) is 9.06. The van der Waals surface area contributed by atoms with Crippen LogP contribution in [0.2, 0.25) is 5.04 Å². The second-order valence-corrected chi connectivity index (χ2v) is 13.5. The van der Waals surface area contributed by atoms with Gasteiger partial charge in [0.15, 0.2) is 0 Å². The molecule has 0 saturated carbocycles. The zero-order valence-corrected chi connectivity index (χ0v) is 19.1. The Kier molecular flexibility index (Phi) is 7.24. The molecule has 3 nitrogen and oxygen atoms in total. The summed E-state index contributed by atoms with van der Waals surface area (Å²) < 4.78 is 12.2. The van der Waals surface area contributed by atoms with Crippen LogP contribution in [-0.4, -0.2) is 26.5 Å². The third-order valence-corrected chi connectivity index (χ3v) is 9.72. The minimum absolute atomic E-state index is 0.0539. The molecule has 0 aliphatic carbocycles. The Bertz CT molecular complexity index is 703. The summed E-state index contributed by atoms with van der Waals surface area (Å²) >= 11 is 0. The van der Waals surface area contributed by atoms with E-state index in [-0.39, 0.29) is 11.0 Å². The van der Waals surface area contributed by atoms with Crippen molar-refractivity contribution in [2.45, 2.75) is 65.0 Å². The second-order valence-electron chi connectivity index (χ2n) is 9.20. The van der Waals surface area contributed by atoms with Crippen LogP contribution in [0.3, 0.4) is 0 Å². The third kappa shape index (κ3) is 5.55. The van der Waals surface area contributed by atoms with Crippen molar-refractivity contribution >= 4 is 24.7 Å². The molecule has 4 heteroatoms. The maximum atomic E-state index is 12.1. The Hall–Kier alpha value is -1.91. The van der Waals surface area contributed by atoms with Gasteiger partial charge < -0.3 is 9.16 Å². The molecule has 0 radical (unpaired) electrons. The molecule has 0 heterocycles. The van der Waals surface area contributed by atoms with Gasteiger partial charge in [0, 0.05) is 13.0 Å². The fourth-order valence-electron chi connectivity index (χ4n) is 3.60. The molecule has 152 valence electrons. The maximum absolute atomic E-state index is 12.1. The Morgan fingerprint density at radius 3 is 1.68 bits per heavy atom. The SMILES string of the molecule is CC(C)(C)OC(=O)CCCO[Si](c1ccccc1)(c1ccccc1)C(C)(C)C. The molecule has 0 atom stereocenters. The smallest absolute Gasteiger partial charge is 0.306 e.